The van der Waals surface area contributed by atoms with Crippen molar-refractivity contribution in [2.45, 2.75) is 38.5 Å². The third-order valence-corrected chi connectivity index (χ3v) is 4.06. The Morgan fingerprint density at radius 1 is 1.14 bits per heavy atom. The van der Waals surface area contributed by atoms with Gasteiger partial charge in [0.05, 0.1) is 0 Å². The van der Waals surface area contributed by atoms with Gasteiger partial charge in [-0.3, -0.25) is 4.98 Å². The zero-order valence-corrected chi connectivity index (χ0v) is 12.0. The second-order valence-electron chi connectivity index (χ2n) is 5.44. The normalized spacial score (nSPS) is 14.6. The predicted molar refractivity (Wildman–Crippen MR) is 82.5 cm³/mol. The minimum atomic E-state index is 0.343. The van der Waals surface area contributed by atoms with Gasteiger partial charge in [0.1, 0.15) is 17.5 Å². The standard InChI is InChI=1S/C17H18N4/c18-10-14-16(12-6-5-9-20-11-12)13-7-3-1-2-4-8-15(13)21-17(14)19/h5-6,9,11H,1-4,7-8H2,(H2,19,21). The van der Waals surface area contributed by atoms with E-state index in [-0.39, 0.29) is 0 Å². The summed E-state index contributed by atoms with van der Waals surface area (Å²) in [5.41, 5.74) is 10.7. The van der Waals surface area contributed by atoms with E-state index in [1.807, 2.05) is 12.1 Å². The van der Waals surface area contributed by atoms with Crippen LogP contribution in [-0.4, -0.2) is 9.97 Å². The van der Waals surface area contributed by atoms with Crippen LogP contribution in [0.4, 0.5) is 5.82 Å². The molecule has 0 bridgehead atoms. The van der Waals surface area contributed by atoms with Crippen molar-refractivity contribution in [1.82, 2.24) is 9.97 Å². The first-order chi connectivity index (χ1) is 10.3. The summed E-state index contributed by atoms with van der Waals surface area (Å²) in [7, 11) is 0. The number of nitriles is 1. The van der Waals surface area contributed by atoms with E-state index in [1.165, 1.54) is 18.4 Å². The van der Waals surface area contributed by atoms with Crippen molar-refractivity contribution >= 4 is 5.82 Å². The number of rotatable bonds is 1. The fourth-order valence-corrected chi connectivity index (χ4v) is 3.06. The molecular formula is C17H18N4. The highest BCUT2D eigenvalue weighted by atomic mass is 14.9. The van der Waals surface area contributed by atoms with Gasteiger partial charge in [0, 0.05) is 29.2 Å². The molecule has 0 aliphatic heterocycles. The van der Waals surface area contributed by atoms with Gasteiger partial charge in [0.15, 0.2) is 0 Å². The Morgan fingerprint density at radius 2 is 1.95 bits per heavy atom. The van der Waals surface area contributed by atoms with Gasteiger partial charge in [-0.05, 0) is 37.3 Å². The Bertz CT molecular complexity index is 686. The van der Waals surface area contributed by atoms with Crippen LogP contribution in [0, 0.1) is 11.3 Å². The minimum Gasteiger partial charge on any atom is -0.383 e. The highest BCUT2D eigenvalue weighted by Gasteiger charge is 2.20. The number of hydrogen-bond donors (Lipinski definition) is 1. The van der Waals surface area contributed by atoms with E-state index in [1.54, 1.807) is 12.4 Å². The summed E-state index contributed by atoms with van der Waals surface area (Å²) >= 11 is 0. The predicted octanol–water partition coefficient (Wildman–Crippen LogP) is 3.26. The maximum absolute atomic E-state index is 9.50. The van der Waals surface area contributed by atoms with E-state index in [9.17, 15) is 5.26 Å². The number of hydrogen-bond acceptors (Lipinski definition) is 4. The molecule has 0 atom stereocenters. The average Bonchev–Trinajstić information content (AvgIpc) is 2.49. The van der Waals surface area contributed by atoms with E-state index in [2.05, 4.69) is 16.0 Å². The van der Waals surface area contributed by atoms with Crippen LogP contribution in [0.1, 0.15) is 42.5 Å². The second-order valence-corrected chi connectivity index (χ2v) is 5.44. The number of pyridine rings is 2. The fourth-order valence-electron chi connectivity index (χ4n) is 3.06. The maximum atomic E-state index is 9.50. The lowest BCUT2D eigenvalue weighted by Crippen LogP contribution is -2.10. The van der Waals surface area contributed by atoms with E-state index in [0.717, 1.165) is 42.5 Å². The molecular weight excluding hydrogens is 260 g/mol. The van der Waals surface area contributed by atoms with Crippen molar-refractivity contribution in [2.75, 3.05) is 5.73 Å². The molecule has 0 spiro atoms. The SMILES string of the molecule is N#Cc1c(N)nc2c(c1-c1cccnc1)CCCCCC2. The molecule has 0 aromatic carbocycles. The maximum Gasteiger partial charge on any atom is 0.142 e. The van der Waals surface area contributed by atoms with Crippen molar-refractivity contribution < 1.29 is 0 Å². The van der Waals surface area contributed by atoms with E-state index >= 15 is 0 Å². The molecule has 4 nitrogen and oxygen atoms in total. The summed E-state index contributed by atoms with van der Waals surface area (Å²) < 4.78 is 0. The van der Waals surface area contributed by atoms with Crippen molar-refractivity contribution in [3.05, 3.63) is 41.3 Å². The van der Waals surface area contributed by atoms with Gasteiger partial charge in [-0.1, -0.05) is 18.9 Å². The molecule has 21 heavy (non-hydrogen) atoms. The fraction of sp³-hybridized carbons (Fsp3) is 0.353. The smallest absolute Gasteiger partial charge is 0.142 e. The van der Waals surface area contributed by atoms with Crippen molar-refractivity contribution in [3.8, 4) is 17.2 Å². The third kappa shape index (κ3) is 2.59. The molecule has 2 heterocycles. The Labute approximate surface area is 124 Å². The number of nitrogen functional groups attached to an aromatic ring is 1. The van der Waals surface area contributed by atoms with Gasteiger partial charge in [-0.15, -0.1) is 0 Å². The summed E-state index contributed by atoms with van der Waals surface area (Å²) in [6.45, 7) is 0. The van der Waals surface area contributed by atoms with Gasteiger partial charge in [0.2, 0.25) is 0 Å². The first-order valence-electron chi connectivity index (χ1n) is 7.43. The number of nitrogens with zero attached hydrogens (tertiary/aromatic N) is 3. The molecule has 2 aromatic rings. The van der Waals surface area contributed by atoms with Crippen LogP contribution in [0.15, 0.2) is 24.5 Å². The van der Waals surface area contributed by atoms with E-state index in [0.29, 0.717) is 11.4 Å². The summed E-state index contributed by atoms with van der Waals surface area (Å²) in [6.07, 6.45) is 10.2. The molecule has 2 N–H and O–H groups in total. The lowest BCUT2D eigenvalue weighted by Gasteiger charge is -2.19. The van der Waals surface area contributed by atoms with Gasteiger partial charge in [0.25, 0.3) is 0 Å². The summed E-state index contributed by atoms with van der Waals surface area (Å²) in [5.74, 6) is 0.343. The Morgan fingerprint density at radius 3 is 2.67 bits per heavy atom. The zero-order chi connectivity index (χ0) is 14.7. The largest absolute Gasteiger partial charge is 0.383 e. The summed E-state index contributed by atoms with van der Waals surface area (Å²) in [4.78, 5) is 8.69. The van der Waals surface area contributed by atoms with Gasteiger partial charge in [-0.2, -0.15) is 5.26 Å². The number of aryl methyl sites for hydroxylation is 1. The number of nitrogens with two attached hydrogens (primary N) is 1. The molecule has 1 aliphatic rings. The third-order valence-electron chi connectivity index (χ3n) is 4.06. The van der Waals surface area contributed by atoms with Crippen LogP contribution < -0.4 is 5.73 Å². The van der Waals surface area contributed by atoms with E-state index in [4.69, 9.17) is 5.73 Å². The molecule has 4 heteroatoms. The zero-order valence-electron chi connectivity index (χ0n) is 12.0. The average molecular weight is 278 g/mol. The van der Waals surface area contributed by atoms with Crippen LogP contribution in [0.2, 0.25) is 0 Å². The highest BCUT2D eigenvalue weighted by Crippen LogP contribution is 2.34. The highest BCUT2D eigenvalue weighted by molar-refractivity contribution is 5.78. The Balaban J connectivity index is 2.26. The molecule has 0 amide bonds. The molecule has 0 fully saturated rings. The molecule has 0 radical (unpaired) electrons. The molecule has 1 aliphatic carbocycles. The van der Waals surface area contributed by atoms with Crippen LogP contribution in [-0.2, 0) is 12.8 Å². The second kappa shape index (κ2) is 5.92. The van der Waals surface area contributed by atoms with Crippen LogP contribution in [0.3, 0.4) is 0 Å². The molecule has 3 rings (SSSR count). The molecule has 0 saturated carbocycles. The van der Waals surface area contributed by atoms with Crippen LogP contribution in [0.5, 0.6) is 0 Å². The summed E-state index contributed by atoms with van der Waals surface area (Å²) in [5, 5.41) is 9.50. The van der Waals surface area contributed by atoms with E-state index < -0.39 is 0 Å². The Hall–Kier alpha value is -2.41. The van der Waals surface area contributed by atoms with Crippen molar-refractivity contribution in [1.29, 1.82) is 5.26 Å². The topological polar surface area (TPSA) is 75.6 Å². The molecule has 0 saturated heterocycles. The minimum absolute atomic E-state index is 0.343. The first kappa shape index (κ1) is 13.6. The monoisotopic (exact) mass is 278 g/mol. The van der Waals surface area contributed by atoms with Crippen molar-refractivity contribution in [2.24, 2.45) is 0 Å². The van der Waals surface area contributed by atoms with Crippen LogP contribution >= 0.6 is 0 Å². The quantitative estimate of drug-likeness (QED) is 0.868. The van der Waals surface area contributed by atoms with Crippen LogP contribution in [0.25, 0.3) is 11.1 Å². The Kier molecular flexibility index (Phi) is 3.83. The number of anilines is 1. The number of aromatic nitrogens is 2. The van der Waals surface area contributed by atoms with Gasteiger partial charge >= 0.3 is 0 Å². The lowest BCUT2D eigenvalue weighted by molar-refractivity contribution is 0.610. The van der Waals surface area contributed by atoms with Gasteiger partial charge < -0.3 is 5.73 Å². The van der Waals surface area contributed by atoms with Gasteiger partial charge in [-0.25, -0.2) is 4.98 Å². The molecule has 106 valence electrons. The molecule has 2 aromatic heterocycles. The molecule has 0 unspecified atom stereocenters. The lowest BCUT2D eigenvalue weighted by atomic mass is 9.88. The first-order valence-corrected chi connectivity index (χ1v) is 7.43. The van der Waals surface area contributed by atoms with Crippen molar-refractivity contribution in [3.63, 3.8) is 0 Å². The number of fused-ring (bicyclic) bond motifs is 1. The summed E-state index contributed by atoms with van der Waals surface area (Å²) in [6, 6.07) is 6.11.